The average molecular weight is 445 g/mol. The SMILES string of the molecule is COc1cncc(C(=O)Cc2cnn3c2C(=O)N(c2ccc(Cl)cc2)C[C@@H]3C)c1.S. The number of benzene rings is 1. The number of Topliss-reactive ketones (excluding diaryl/α,β-unsaturated/α-hetero) is 1. The van der Waals surface area contributed by atoms with Crippen molar-refractivity contribution in [2.45, 2.75) is 19.4 Å². The van der Waals surface area contributed by atoms with Gasteiger partial charge in [0, 0.05) is 41.0 Å². The van der Waals surface area contributed by atoms with E-state index in [1.807, 2.05) is 19.1 Å². The normalized spacial score (nSPS) is 15.4. The molecule has 1 aliphatic rings. The van der Waals surface area contributed by atoms with Gasteiger partial charge < -0.3 is 9.64 Å². The maximum atomic E-state index is 13.2. The number of pyridine rings is 1. The Balaban J connectivity index is 0.00000256. The van der Waals surface area contributed by atoms with Crippen LogP contribution in [0, 0.1) is 0 Å². The molecule has 0 fully saturated rings. The third kappa shape index (κ3) is 4.06. The Labute approximate surface area is 186 Å². The third-order valence-corrected chi connectivity index (χ3v) is 5.20. The van der Waals surface area contributed by atoms with Crippen molar-refractivity contribution in [1.29, 1.82) is 0 Å². The molecule has 1 aliphatic heterocycles. The second-order valence-corrected chi connectivity index (χ2v) is 7.35. The Morgan fingerprint density at radius 3 is 2.67 bits per heavy atom. The van der Waals surface area contributed by atoms with E-state index in [9.17, 15) is 9.59 Å². The molecule has 1 atom stereocenters. The van der Waals surface area contributed by atoms with Crippen LogP contribution in [0.3, 0.4) is 0 Å². The third-order valence-electron chi connectivity index (χ3n) is 4.94. The lowest BCUT2D eigenvalue weighted by molar-refractivity contribution is 0.0951. The molecule has 0 saturated heterocycles. The lowest BCUT2D eigenvalue weighted by Gasteiger charge is -2.32. The molecule has 1 aromatic carbocycles. The number of halogens is 1. The average Bonchev–Trinajstić information content (AvgIpc) is 3.16. The number of ketones is 1. The molecule has 0 unspecified atom stereocenters. The van der Waals surface area contributed by atoms with Crippen LogP contribution in [0.25, 0.3) is 0 Å². The number of nitrogens with zero attached hydrogens (tertiary/aromatic N) is 4. The maximum absolute atomic E-state index is 13.2. The minimum Gasteiger partial charge on any atom is -0.495 e. The molecule has 1 amide bonds. The summed E-state index contributed by atoms with van der Waals surface area (Å²) in [6.45, 7) is 2.48. The van der Waals surface area contributed by atoms with Crippen LogP contribution in [-0.2, 0) is 6.42 Å². The molecule has 30 heavy (non-hydrogen) atoms. The topological polar surface area (TPSA) is 77.3 Å². The summed E-state index contributed by atoms with van der Waals surface area (Å²) in [6, 6.07) is 8.73. The number of hydrogen-bond donors (Lipinski definition) is 0. The number of hydrogen-bond acceptors (Lipinski definition) is 5. The number of methoxy groups -OCH3 is 1. The zero-order chi connectivity index (χ0) is 20.5. The number of aromatic nitrogens is 3. The van der Waals surface area contributed by atoms with Gasteiger partial charge in [0.1, 0.15) is 11.4 Å². The largest absolute Gasteiger partial charge is 0.495 e. The fourth-order valence-electron chi connectivity index (χ4n) is 3.45. The van der Waals surface area contributed by atoms with Gasteiger partial charge in [0.05, 0.1) is 25.5 Å². The Kier molecular flexibility index (Phi) is 6.48. The molecule has 9 heteroatoms. The summed E-state index contributed by atoms with van der Waals surface area (Å²) in [5.41, 5.74) is 2.21. The number of fused-ring (bicyclic) bond motifs is 1. The number of carbonyl (C=O) groups excluding carboxylic acids is 2. The van der Waals surface area contributed by atoms with E-state index in [-0.39, 0.29) is 37.6 Å². The zero-order valence-electron chi connectivity index (χ0n) is 16.5. The summed E-state index contributed by atoms with van der Waals surface area (Å²) >= 11 is 5.97. The molecule has 0 bridgehead atoms. The van der Waals surface area contributed by atoms with Crippen LogP contribution in [0.15, 0.2) is 48.9 Å². The van der Waals surface area contributed by atoms with Gasteiger partial charge in [-0.15, -0.1) is 0 Å². The first kappa shape index (κ1) is 21.9. The van der Waals surface area contributed by atoms with Crippen molar-refractivity contribution in [2.75, 3.05) is 18.6 Å². The first-order valence-corrected chi connectivity index (χ1v) is 9.51. The Hall–Kier alpha value is -2.84. The van der Waals surface area contributed by atoms with Gasteiger partial charge in [-0.25, -0.2) is 0 Å². The molecule has 0 aliphatic carbocycles. The van der Waals surface area contributed by atoms with Gasteiger partial charge in [0.25, 0.3) is 5.91 Å². The second kappa shape index (κ2) is 8.89. The number of rotatable bonds is 5. The van der Waals surface area contributed by atoms with E-state index in [0.29, 0.717) is 34.1 Å². The van der Waals surface area contributed by atoms with Crippen LogP contribution < -0.4 is 9.64 Å². The fourth-order valence-corrected chi connectivity index (χ4v) is 3.58. The summed E-state index contributed by atoms with van der Waals surface area (Å²) in [5, 5.41) is 4.97. The molecule has 0 N–H and O–H groups in total. The summed E-state index contributed by atoms with van der Waals surface area (Å²) in [7, 11) is 1.52. The minimum atomic E-state index is -0.186. The highest BCUT2D eigenvalue weighted by Gasteiger charge is 2.33. The minimum absolute atomic E-state index is 0. The van der Waals surface area contributed by atoms with Crippen LogP contribution in [0.1, 0.15) is 39.4 Å². The smallest absolute Gasteiger partial charge is 0.276 e. The van der Waals surface area contributed by atoms with Gasteiger partial charge in [0.15, 0.2) is 5.78 Å². The van der Waals surface area contributed by atoms with Crippen molar-refractivity contribution >= 4 is 42.5 Å². The van der Waals surface area contributed by atoms with Gasteiger partial charge in [-0.1, -0.05) is 11.6 Å². The molecule has 3 heterocycles. The Morgan fingerprint density at radius 2 is 1.97 bits per heavy atom. The highest BCUT2D eigenvalue weighted by molar-refractivity contribution is 7.59. The molecule has 3 aromatic rings. The van der Waals surface area contributed by atoms with Crippen molar-refractivity contribution in [2.24, 2.45) is 0 Å². The van der Waals surface area contributed by atoms with Gasteiger partial charge in [-0.2, -0.15) is 18.6 Å². The highest BCUT2D eigenvalue weighted by Crippen LogP contribution is 2.29. The predicted molar refractivity (Wildman–Crippen MR) is 119 cm³/mol. The summed E-state index contributed by atoms with van der Waals surface area (Å²) in [5.74, 6) is 0.164. The van der Waals surface area contributed by atoms with E-state index in [1.165, 1.54) is 19.5 Å². The molecule has 2 aromatic heterocycles. The number of anilines is 1. The molecular weight excluding hydrogens is 424 g/mol. The van der Waals surface area contributed by atoms with E-state index in [2.05, 4.69) is 10.1 Å². The first-order valence-electron chi connectivity index (χ1n) is 9.14. The van der Waals surface area contributed by atoms with Crippen molar-refractivity contribution < 1.29 is 14.3 Å². The van der Waals surface area contributed by atoms with Gasteiger partial charge >= 0.3 is 0 Å². The van der Waals surface area contributed by atoms with Crippen molar-refractivity contribution in [3.63, 3.8) is 0 Å². The monoisotopic (exact) mass is 444 g/mol. The molecule has 4 rings (SSSR count). The maximum Gasteiger partial charge on any atom is 0.276 e. The fraction of sp³-hybridized carbons (Fsp3) is 0.238. The van der Waals surface area contributed by atoms with E-state index in [0.717, 1.165) is 5.69 Å². The van der Waals surface area contributed by atoms with Gasteiger partial charge in [0.2, 0.25) is 0 Å². The zero-order valence-corrected chi connectivity index (χ0v) is 18.3. The standard InChI is InChI=1S/C21H19ClN4O3.H2S/c1-13-12-25(17-5-3-16(22)4-6-17)21(28)20-15(10-24-26(13)20)8-19(27)14-7-18(29-2)11-23-9-14;/h3-7,9-11,13H,8,12H2,1-2H3;1H2/t13-;/m0./s1. The summed E-state index contributed by atoms with van der Waals surface area (Å²) < 4.78 is 6.83. The Morgan fingerprint density at radius 1 is 1.23 bits per heavy atom. The van der Waals surface area contributed by atoms with E-state index >= 15 is 0 Å². The van der Waals surface area contributed by atoms with Crippen LogP contribution in [0.2, 0.25) is 5.02 Å². The van der Waals surface area contributed by atoms with Crippen LogP contribution in [0.5, 0.6) is 5.75 Å². The van der Waals surface area contributed by atoms with Crippen molar-refractivity contribution in [3.8, 4) is 5.75 Å². The van der Waals surface area contributed by atoms with Gasteiger partial charge in [-0.05, 0) is 37.3 Å². The second-order valence-electron chi connectivity index (χ2n) is 6.92. The number of carbonyl (C=O) groups is 2. The van der Waals surface area contributed by atoms with Crippen molar-refractivity contribution in [1.82, 2.24) is 14.8 Å². The van der Waals surface area contributed by atoms with Crippen molar-refractivity contribution in [3.05, 3.63) is 70.8 Å². The highest BCUT2D eigenvalue weighted by atomic mass is 35.5. The molecular formula is C21H21ClN4O3S. The lowest BCUT2D eigenvalue weighted by atomic mass is 10.0. The van der Waals surface area contributed by atoms with Crippen LogP contribution in [-0.4, -0.2) is 40.1 Å². The molecule has 0 radical (unpaired) electrons. The quantitative estimate of drug-likeness (QED) is 0.561. The number of amides is 1. The first-order chi connectivity index (χ1) is 14.0. The van der Waals surface area contributed by atoms with Gasteiger partial charge in [-0.3, -0.25) is 19.3 Å². The van der Waals surface area contributed by atoms with Crippen LogP contribution in [0.4, 0.5) is 5.69 Å². The van der Waals surface area contributed by atoms with E-state index in [1.54, 1.807) is 34.0 Å². The van der Waals surface area contributed by atoms with E-state index < -0.39 is 0 Å². The van der Waals surface area contributed by atoms with Crippen LogP contribution >= 0.6 is 25.1 Å². The predicted octanol–water partition coefficient (Wildman–Crippen LogP) is 3.70. The van der Waals surface area contributed by atoms with E-state index in [4.69, 9.17) is 16.3 Å². The summed E-state index contributed by atoms with van der Waals surface area (Å²) in [4.78, 5) is 31.7. The Bertz CT molecular complexity index is 1080. The lowest BCUT2D eigenvalue weighted by Crippen LogP contribution is -2.43. The molecule has 0 saturated carbocycles. The molecule has 7 nitrogen and oxygen atoms in total. The summed E-state index contributed by atoms with van der Waals surface area (Å²) in [6.07, 6.45) is 4.68. The number of ether oxygens (including phenoxy) is 1. The molecule has 156 valence electrons. The molecule has 0 spiro atoms.